The first kappa shape index (κ1) is 39.4. The quantitative estimate of drug-likeness (QED) is 0.164. The van der Waals surface area contributed by atoms with Crippen molar-refractivity contribution < 1.29 is 37.0 Å². The van der Waals surface area contributed by atoms with Crippen LogP contribution in [0.15, 0.2) is 72.8 Å². The van der Waals surface area contributed by atoms with Crippen molar-refractivity contribution >= 4 is 17.6 Å². The summed E-state index contributed by atoms with van der Waals surface area (Å²) in [7, 11) is 0. The zero-order valence-electron chi connectivity index (χ0n) is 31.3. The number of hydrogen-bond acceptors (Lipinski definition) is 5. The molecule has 5 rings (SSSR count). The third-order valence-electron chi connectivity index (χ3n) is 9.60. The number of piperidine rings is 1. The molecule has 1 aromatic heterocycles. The third kappa shape index (κ3) is 9.62. The molecule has 1 N–H and O–H groups in total. The van der Waals surface area contributed by atoms with Crippen LogP contribution < -0.4 is 4.90 Å². The largest absolute Gasteiger partial charge is 0.479 e. The van der Waals surface area contributed by atoms with Gasteiger partial charge in [-0.3, -0.25) is 9.78 Å². The van der Waals surface area contributed by atoms with Crippen LogP contribution in [-0.4, -0.2) is 45.6 Å². The molecule has 1 saturated heterocycles. The van der Waals surface area contributed by atoms with Crippen LogP contribution in [-0.2, 0) is 28.8 Å². The second-order valence-electron chi connectivity index (χ2n) is 15.6. The molecule has 1 aliphatic rings. The molecule has 0 radical (unpaired) electrons. The smallest absolute Gasteiger partial charge is 0.416 e. The Morgan fingerprint density at radius 1 is 0.906 bits per heavy atom. The van der Waals surface area contributed by atoms with Gasteiger partial charge in [0.2, 0.25) is 0 Å². The summed E-state index contributed by atoms with van der Waals surface area (Å²) in [6.07, 6.45) is -4.07. The topological polar surface area (TPSA) is 83.0 Å². The molecule has 0 bridgehead atoms. The molecule has 1 atom stereocenters. The number of amides is 1. The maximum Gasteiger partial charge on any atom is 0.416 e. The van der Waals surface area contributed by atoms with Crippen LogP contribution in [0.2, 0.25) is 0 Å². The highest BCUT2D eigenvalue weighted by Gasteiger charge is 2.37. The number of benzene rings is 3. The number of halogens is 4. The van der Waals surface area contributed by atoms with E-state index in [1.807, 2.05) is 58.9 Å². The van der Waals surface area contributed by atoms with Gasteiger partial charge in [0, 0.05) is 54.3 Å². The summed E-state index contributed by atoms with van der Waals surface area (Å²) in [6.45, 7) is 15.1. The van der Waals surface area contributed by atoms with Crippen LogP contribution in [0.1, 0.15) is 97.6 Å². The molecule has 11 heteroatoms. The molecule has 282 valence electrons. The Bertz CT molecular complexity index is 1940. The number of pyridine rings is 1. The molecule has 2 heterocycles. The van der Waals surface area contributed by atoms with Gasteiger partial charge in [0.25, 0.3) is 5.91 Å². The van der Waals surface area contributed by atoms with Gasteiger partial charge in [0.05, 0.1) is 16.9 Å². The Morgan fingerprint density at radius 3 is 2.00 bits per heavy atom. The maximum absolute atomic E-state index is 13.8. The monoisotopic (exact) mass is 733 g/mol. The first-order valence-corrected chi connectivity index (χ1v) is 17.7. The van der Waals surface area contributed by atoms with Crippen LogP contribution in [0.3, 0.4) is 0 Å². The molecule has 3 aromatic carbocycles. The Balaban J connectivity index is 1.56. The fourth-order valence-electron chi connectivity index (χ4n) is 6.77. The highest BCUT2D eigenvalue weighted by atomic mass is 19.4. The molecule has 0 unspecified atom stereocenters. The van der Waals surface area contributed by atoms with E-state index >= 15 is 0 Å². The minimum Gasteiger partial charge on any atom is -0.479 e. The number of carbonyl (C=O) groups excluding carboxylic acids is 1. The predicted octanol–water partition coefficient (Wildman–Crippen LogP) is 9.93. The number of carboxylic acid groups (broad SMARTS) is 1. The summed E-state index contributed by atoms with van der Waals surface area (Å²) < 4.78 is 60.5. The highest BCUT2D eigenvalue weighted by Crippen LogP contribution is 2.45. The van der Waals surface area contributed by atoms with Crippen LogP contribution in [0, 0.1) is 25.1 Å². The number of aliphatic carboxylic acids is 1. The second-order valence-corrected chi connectivity index (χ2v) is 15.6. The zero-order valence-corrected chi connectivity index (χ0v) is 31.3. The lowest BCUT2D eigenvalue weighted by Crippen LogP contribution is -2.39. The van der Waals surface area contributed by atoms with Crippen molar-refractivity contribution in [1.29, 1.82) is 0 Å². The van der Waals surface area contributed by atoms with E-state index in [-0.39, 0.29) is 24.1 Å². The number of carbonyl (C=O) groups is 2. The summed E-state index contributed by atoms with van der Waals surface area (Å²) in [5, 5.41) is 10.5. The number of aryl methyl sites for hydroxylation is 2. The molecule has 7 nitrogen and oxygen atoms in total. The van der Waals surface area contributed by atoms with E-state index in [9.17, 15) is 32.3 Å². The second kappa shape index (κ2) is 15.3. The molecular formula is C42H47F4N3O4. The van der Waals surface area contributed by atoms with Gasteiger partial charge in [-0.1, -0.05) is 56.3 Å². The van der Waals surface area contributed by atoms with E-state index in [0.29, 0.717) is 35.5 Å². The molecule has 1 amide bonds. The van der Waals surface area contributed by atoms with Crippen LogP contribution in [0.25, 0.3) is 11.1 Å². The molecule has 53 heavy (non-hydrogen) atoms. The Labute approximate surface area is 308 Å². The maximum atomic E-state index is 13.8. The number of rotatable bonds is 10. The molecule has 0 spiro atoms. The Hall–Kier alpha value is -4.77. The molecule has 1 aliphatic heterocycles. The molecular weight excluding hydrogens is 686 g/mol. The van der Waals surface area contributed by atoms with Gasteiger partial charge in [0.15, 0.2) is 6.10 Å². The summed E-state index contributed by atoms with van der Waals surface area (Å²) in [4.78, 5) is 35.2. The average Bonchev–Trinajstić information content (AvgIpc) is 3.07. The number of alkyl halides is 3. The number of carboxylic acids is 1. The fraction of sp³-hybridized carbons (Fsp3) is 0.405. The SMILES string of the molecule is Cc1nc(C)c([C@H](OC(C)(C)C)C(=O)O)c(N2CCC(C)(C)CC2)c1-c1ccc(CN(Cc2ccc(F)cc2)C(=O)c2cccc(C(F)(F)F)c2)cc1. The number of hydrogen-bond donors (Lipinski definition) is 1. The summed E-state index contributed by atoms with van der Waals surface area (Å²) in [5.41, 5.74) is 3.78. The lowest BCUT2D eigenvalue weighted by molar-refractivity contribution is -0.160. The molecule has 0 aliphatic carbocycles. The van der Waals surface area contributed by atoms with Gasteiger partial charge in [-0.05, 0) is 99.9 Å². The lowest BCUT2D eigenvalue weighted by Gasteiger charge is -2.41. The number of nitrogens with zero attached hydrogens (tertiary/aromatic N) is 3. The summed E-state index contributed by atoms with van der Waals surface area (Å²) in [5.74, 6) is -2.17. The first-order valence-electron chi connectivity index (χ1n) is 17.7. The van der Waals surface area contributed by atoms with Crippen LogP contribution in [0.5, 0.6) is 0 Å². The average molecular weight is 734 g/mol. The van der Waals surface area contributed by atoms with E-state index in [4.69, 9.17) is 9.72 Å². The minimum absolute atomic E-state index is 0.0290. The van der Waals surface area contributed by atoms with Gasteiger partial charge in [-0.15, -0.1) is 0 Å². The third-order valence-corrected chi connectivity index (χ3v) is 9.60. The van der Waals surface area contributed by atoms with Crippen molar-refractivity contribution in [3.05, 3.63) is 118 Å². The van der Waals surface area contributed by atoms with E-state index in [1.165, 1.54) is 41.3 Å². The molecule has 4 aromatic rings. The van der Waals surface area contributed by atoms with Crippen molar-refractivity contribution in [2.75, 3.05) is 18.0 Å². The summed E-state index contributed by atoms with van der Waals surface area (Å²) >= 11 is 0. The predicted molar refractivity (Wildman–Crippen MR) is 197 cm³/mol. The molecule has 0 saturated carbocycles. The minimum atomic E-state index is -4.62. The van der Waals surface area contributed by atoms with E-state index in [0.717, 1.165) is 47.5 Å². The standard InChI is InChI=1S/C42H47F4N3O4/c1-26-34(36(48-21-19-41(6,7)20-22-48)35(27(2)47-26)37(39(51)52)53-40(3,4)5)30-15-11-28(12-16-30)24-49(25-29-13-17-33(43)18-14-29)38(50)31-9-8-10-32(23-31)42(44,45)46/h8-18,23,37H,19-22,24-25H2,1-7H3,(H,51,52)/t37-/m0/s1. The lowest BCUT2D eigenvalue weighted by atomic mass is 9.81. The van der Waals surface area contributed by atoms with Gasteiger partial charge in [-0.2, -0.15) is 13.2 Å². The zero-order chi connectivity index (χ0) is 38.9. The van der Waals surface area contributed by atoms with Crippen LogP contribution in [0.4, 0.5) is 23.2 Å². The fourth-order valence-corrected chi connectivity index (χ4v) is 6.77. The number of aromatic nitrogens is 1. The van der Waals surface area contributed by atoms with Crippen molar-refractivity contribution in [3.63, 3.8) is 0 Å². The number of ether oxygens (including phenoxy) is 1. The van der Waals surface area contributed by atoms with Crippen molar-refractivity contribution in [2.24, 2.45) is 5.41 Å². The Morgan fingerprint density at radius 2 is 1.47 bits per heavy atom. The van der Waals surface area contributed by atoms with Gasteiger partial charge < -0.3 is 19.6 Å². The molecule has 1 fully saturated rings. The van der Waals surface area contributed by atoms with E-state index in [1.54, 1.807) is 0 Å². The van der Waals surface area contributed by atoms with Gasteiger partial charge in [0.1, 0.15) is 5.82 Å². The van der Waals surface area contributed by atoms with E-state index in [2.05, 4.69) is 18.7 Å². The van der Waals surface area contributed by atoms with Crippen molar-refractivity contribution in [1.82, 2.24) is 9.88 Å². The highest BCUT2D eigenvalue weighted by molar-refractivity contribution is 5.94. The normalized spacial score (nSPS) is 15.3. The van der Waals surface area contributed by atoms with Crippen molar-refractivity contribution in [3.8, 4) is 11.1 Å². The first-order chi connectivity index (χ1) is 24.7. The van der Waals surface area contributed by atoms with E-state index < -0.39 is 41.1 Å². The summed E-state index contributed by atoms with van der Waals surface area (Å²) in [6, 6.07) is 17.4. The van der Waals surface area contributed by atoms with Crippen LogP contribution >= 0.6 is 0 Å². The number of anilines is 1. The van der Waals surface area contributed by atoms with Gasteiger partial charge in [-0.25, -0.2) is 9.18 Å². The van der Waals surface area contributed by atoms with Gasteiger partial charge >= 0.3 is 12.1 Å². The van der Waals surface area contributed by atoms with Crippen molar-refractivity contribution in [2.45, 2.75) is 92.3 Å². The Kier molecular flexibility index (Phi) is 11.4.